The van der Waals surface area contributed by atoms with Crippen LogP contribution in [-0.4, -0.2) is 47.6 Å². The molecule has 0 radical (unpaired) electrons. The minimum Gasteiger partial charge on any atom is -0.445 e. The Labute approximate surface area is 187 Å². The lowest BCUT2D eigenvalue weighted by molar-refractivity contribution is 0.0927. The molecule has 0 N–H and O–H groups in total. The normalized spacial score (nSPS) is 19.9. The van der Waals surface area contributed by atoms with E-state index in [2.05, 4.69) is 38.8 Å². The first kappa shape index (κ1) is 23.3. The molecule has 31 heavy (non-hydrogen) atoms. The van der Waals surface area contributed by atoms with Crippen LogP contribution in [0.15, 0.2) is 48.8 Å². The molecule has 0 aliphatic carbocycles. The monoisotopic (exact) mass is 441 g/mol. The average Bonchev–Trinajstić information content (AvgIpc) is 3.29. The van der Waals surface area contributed by atoms with Crippen molar-refractivity contribution in [1.82, 2.24) is 14.5 Å². The molecule has 1 aromatic carbocycles. The van der Waals surface area contributed by atoms with E-state index in [1.54, 1.807) is 11.1 Å². The fraction of sp³-hybridized carbons (Fsp3) is 0.500. The minimum atomic E-state index is -1.94. The van der Waals surface area contributed by atoms with Crippen LogP contribution in [0.4, 0.5) is 4.79 Å². The zero-order valence-electron chi connectivity index (χ0n) is 19.5. The molecule has 7 heteroatoms. The van der Waals surface area contributed by atoms with Gasteiger partial charge in [-0.3, -0.25) is 4.90 Å². The lowest BCUT2D eigenvalue weighted by Crippen LogP contribution is -2.44. The Balaban J connectivity index is 1.73. The zero-order chi connectivity index (χ0) is 22.6. The Morgan fingerprint density at radius 1 is 1.26 bits per heavy atom. The predicted molar refractivity (Wildman–Crippen MR) is 126 cm³/mol. The van der Waals surface area contributed by atoms with Gasteiger partial charge in [0.1, 0.15) is 12.4 Å². The van der Waals surface area contributed by atoms with Gasteiger partial charge in [-0.15, -0.1) is 0 Å². The van der Waals surface area contributed by atoms with Gasteiger partial charge in [-0.2, -0.15) is 0 Å². The quantitative estimate of drug-likeness (QED) is 0.576. The molecule has 0 unspecified atom stereocenters. The summed E-state index contributed by atoms with van der Waals surface area (Å²) in [7, 11) is 0.0155. The Morgan fingerprint density at radius 3 is 2.58 bits per heavy atom. The van der Waals surface area contributed by atoms with Crippen molar-refractivity contribution in [3.8, 4) is 0 Å². The Bertz CT molecular complexity index is 902. The number of aromatic nitrogens is 2. The minimum absolute atomic E-state index is 0.00110. The van der Waals surface area contributed by atoms with Crippen LogP contribution in [0.25, 0.3) is 6.08 Å². The second kappa shape index (κ2) is 9.40. The molecule has 2 aromatic rings. The van der Waals surface area contributed by atoms with Crippen LogP contribution in [-0.2, 0) is 22.8 Å². The maximum absolute atomic E-state index is 13.0. The topological polar surface area (TPSA) is 56.6 Å². The summed E-state index contributed by atoms with van der Waals surface area (Å²) in [6.07, 6.45) is 8.14. The van der Waals surface area contributed by atoms with Crippen molar-refractivity contribution in [3.05, 3.63) is 60.2 Å². The molecule has 0 saturated carbocycles. The Morgan fingerprint density at radius 2 is 1.97 bits per heavy atom. The van der Waals surface area contributed by atoms with E-state index in [4.69, 9.17) is 9.16 Å². The molecular weight excluding hydrogens is 406 g/mol. The molecule has 3 rings (SSSR count). The van der Waals surface area contributed by atoms with Crippen molar-refractivity contribution >= 4 is 20.5 Å². The van der Waals surface area contributed by atoms with Crippen molar-refractivity contribution < 1.29 is 14.0 Å². The fourth-order valence-corrected chi connectivity index (χ4v) is 4.79. The van der Waals surface area contributed by atoms with E-state index in [0.717, 1.165) is 17.8 Å². The number of likely N-dealkylation sites (tertiary alicyclic amines) is 1. The number of hydrogen-bond acceptors (Lipinski definition) is 4. The number of hydrogen-bond donors (Lipinski definition) is 0. The summed E-state index contributed by atoms with van der Waals surface area (Å²) in [5.41, 5.74) is 0.976. The second-order valence-corrected chi connectivity index (χ2v) is 14.5. The van der Waals surface area contributed by atoms with Crippen LogP contribution < -0.4 is 0 Å². The third-order valence-corrected chi connectivity index (χ3v) is 10.9. The molecule has 1 fully saturated rings. The second-order valence-electron chi connectivity index (χ2n) is 9.75. The predicted octanol–water partition coefficient (Wildman–Crippen LogP) is 5.23. The standard InChI is InChI=1S/C24H35N3O3Si/c1-24(2,3)31(5,6)30-21-16-20(12-13-22-25-14-15-26(22)4)27(17-21)23(28)29-18-19-10-8-7-9-11-19/h7-15,20-21H,16-18H2,1-6H3/b13-12+/t20-,21-/m1/s1. The van der Waals surface area contributed by atoms with Gasteiger partial charge in [-0.05, 0) is 36.2 Å². The summed E-state index contributed by atoms with van der Waals surface area (Å²) < 4.78 is 14.2. The van der Waals surface area contributed by atoms with E-state index in [1.807, 2.05) is 60.3 Å². The van der Waals surface area contributed by atoms with Crippen molar-refractivity contribution in [2.24, 2.45) is 7.05 Å². The highest BCUT2D eigenvalue weighted by molar-refractivity contribution is 6.74. The first-order valence-electron chi connectivity index (χ1n) is 10.9. The molecule has 6 nitrogen and oxygen atoms in total. The smallest absolute Gasteiger partial charge is 0.410 e. The van der Waals surface area contributed by atoms with E-state index >= 15 is 0 Å². The van der Waals surface area contributed by atoms with Crippen LogP contribution in [0.1, 0.15) is 38.6 Å². The SMILES string of the molecule is Cn1ccnc1/C=C/[C@@H]1C[C@@H](O[Si](C)(C)C(C)(C)C)CN1C(=O)OCc1ccccc1. The van der Waals surface area contributed by atoms with Crippen LogP contribution >= 0.6 is 0 Å². The third-order valence-electron chi connectivity index (χ3n) is 6.34. The number of benzene rings is 1. The molecule has 1 amide bonds. The summed E-state index contributed by atoms with van der Waals surface area (Å²) in [5.74, 6) is 0.853. The van der Waals surface area contributed by atoms with E-state index in [9.17, 15) is 4.79 Å². The van der Waals surface area contributed by atoms with E-state index in [-0.39, 0.29) is 29.9 Å². The number of amides is 1. The highest BCUT2D eigenvalue weighted by Crippen LogP contribution is 2.39. The molecule has 1 aliphatic heterocycles. The summed E-state index contributed by atoms with van der Waals surface area (Å²) in [6, 6.07) is 9.67. The molecule has 1 aliphatic rings. The average molecular weight is 442 g/mol. The zero-order valence-corrected chi connectivity index (χ0v) is 20.5. The van der Waals surface area contributed by atoms with Crippen LogP contribution in [0.2, 0.25) is 18.1 Å². The fourth-order valence-electron chi connectivity index (χ4n) is 3.43. The molecule has 2 heterocycles. The van der Waals surface area contributed by atoms with Gasteiger partial charge in [0, 0.05) is 26.0 Å². The molecular formula is C24H35N3O3Si. The van der Waals surface area contributed by atoms with Crippen LogP contribution in [0.5, 0.6) is 0 Å². The maximum Gasteiger partial charge on any atom is 0.410 e. The lowest BCUT2D eigenvalue weighted by atomic mass is 10.2. The van der Waals surface area contributed by atoms with Gasteiger partial charge in [0.05, 0.1) is 12.1 Å². The summed E-state index contributed by atoms with van der Waals surface area (Å²) in [5, 5.41) is 0.118. The number of rotatable bonds is 6. The van der Waals surface area contributed by atoms with E-state index in [1.165, 1.54) is 0 Å². The van der Waals surface area contributed by atoms with Gasteiger partial charge in [0.15, 0.2) is 8.32 Å². The van der Waals surface area contributed by atoms with E-state index in [0.29, 0.717) is 6.54 Å². The van der Waals surface area contributed by atoms with Crippen LogP contribution in [0.3, 0.4) is 0 Å². The van der Waals surface area contributed by atoms with Crippen molar-refractivity contribution in [1.29, 1.82) is 0 Å². The first-order valence-corrected chi connectivity index (χ1v) is 13.8. The number of carbonyl (C=O) groups excluding carboxylic acids is 1. The number of carbonyl (C=O) groups is 1. The number of imidazole rings is 1. The van der Waals surface area contributed by atoms with Gasteiger partial charge in [-0.25, -0.2) is 9.78 Å². The first-order chi connectivity index (χ1) is 14.6. The van der Waals surface area contributed by atoms with Gasteiger partial charge in [0.25, 0.3) is 0 Å². The largest absolute Gasteiger partial charge is 0.445 e. The number of nitrogens with zero attached hydrogens (tertiary/aromatic N) is 3. The van der Waals surface area contributed by atoms with Gasteiger partial charge in [-0.1, -0.05) is 57.2 Å². The molecule has 1 saturated heterocycles. The van der Waals surface area contributed by atoms with Gasteiger partial charge < -0.3 is 13.7 Å². The van der Waals surface area contributed by atoms with E-state index < -0.39 is 8.32 Å². The molecule has 0 spiro atoms. The Kier molecular flexibility index (Phi) is 7.06. The molecule has 1 aromatic heterocycles. The summed E-state index contributed by atoms with van der Waals surface area (Å²) in [4.78, 5) is 19.1. The molecule has 0 bridgehead atoms. The maximum atomic E-state index is 13.0. The van der Waals surface area contributed by atoms with Crippen molar-refractivity contribution in [2.45, 2.75) is 64.1 Å². The summed E-state index contributed by atoms with van der Waals surface area (Å²) >= 11 is 0. The van der Waals surface area contributed by atoms with Gasteiger partial charge >= 0.3 is 6.09 Å². The number of aryl methyl sites for hydroxylation is 1. The highest BCUT2D eigenvalue weighted by Gasteiger charge is 2.43. The van der Waals surface area contributed by atoms with Crippen molar-refractivity contribution in [2.75, 3.05) is 6.54 Å². The van der Waals surface area contributed by atoms with Gasteiger partial charge in [0.2, 0.25) is 0 Å². The highest BCUT2D eigenvalue weighted by atomic mass is 28.4. The number of ether oxygens (including phenoxy) is 1. The lowest BCUT2D eigenvalue weighted by Gasteiger charge is -2.38. The Hall–Kier alpha value is -2.38. The third kappa shape index (κ3) is 5.86. The summed E-state index contributed by atoms with van der Waals surface area (Å²) in [6.45, 7) is 12.0. The molecule has 168 valence electrons. The van der Waals surface area contributed by atoms with Crippen molar-refractivity contribution in [3.63, 3.8) is 0 Å². The van der Waals surface area contributed by atoms with Crippen LogP contribution in [0, 0.1) is 0 Å². The molecule has 2 atom stereocenters.